The van der Waals surface area contributed by atoms with Crippen molar-refractivity contribution in [2.45, 2.75) is 6.54 Å². The molecule has 3 heterocycles. The van der Waals surface area contributed by atoms with E-state index in [1.54, 1.807) is 0 Å². The third-order valence-electron chi connectivity index (χ3n) is 4.51. The van der Waals surface area contributed by atoms with Gasteiger partial charge in [-0.05, 0) is 23.8 Å². The van der Waals surface area contributed by atoms with Crippen LogP contribution in [0.1, 0.15) is 5.82 Å². The van der Waals surface area contributed by atoms with Gasteiger partial charge in [0, 0.05) is 16.6 Å². The average molecular weight is 391 g/mol. The molecule has 1 aliphatic heterocycles. The van der Waals surface area contributed by atoms with Gasteiger partial charge in [0.2, 0.25) is 0 Å². The Labute approximate surface area is 164 Å². The van der Waals surface area contributed by atoms with Crippen molar-refractivity contribution in [2.24, 2.45) is 0 Å². The Morgan fingerprint density at radius 1 is 1.04 bits per heavy atom. The lowest BCUT2D eigenvalue weighted by atomic mass is 10.2. The van der Waals surface area contributed by atoms with Crippen LogP contribution in [0.2, 0.25) is 0 Å². The summed E-state index contributed by atoms with van der Waals surface area (Å²) in [5, 5.41) is 3.90. The van der Waals surface area contributed by atoms with Gasteiger partial charge in [-0.1, -0.05) is 30.3 Å². The van der Waals surface area contributed by atoms with Crippen LogP contribution in [-0.4, -0.2) is 23.2 Å². The molecule has 0 atom stereocenters. The second-order valence-electron chi connectivity index (χ2n) is 6.42. The zero-order valence-electron chi connectivity index (χ0n) is 14.9. The van der Waals surface area contributed by atoms with Crippen LogP contribution < -0.4 is 20.3 Å². The van der Waals surface area contributed by atoms with Gasteiger partial charge in [-0.2, -0.15) is 0 Å². The zero-order chi connectivity index (χ0) is 18.9. The number of hydrogen-bond acceptors (Lipinski definition) is 6. The number of nitrogens with zero attached hydrogens (tertiary/aromatic N) is 1. The number of fused-ring (bicyclic) bond motifs is 2. The molecule has 0 saturated heterocycles. The predicted molar refractivity (Wildman–Crippen MR) is 110 cm³/mol. The van der Waals surface area contributed by atoms with Crippen LogP contribution in [0, 0.1) is 0 Å². The first-order valence-electron chi connectivity index (χ1n) is 8.98. The van der Waals surface area contributed by atoms with Crippen molar-refractivity contribution in [3.63, 3.8) is 0 Å². The van der Waals surface area contributed by atoms with E-state index in [4.69, 9.17) is 9.47 Å². The summed E-state index contributed by atoms with van der Waals surface area (Å²) in [5.41, 5.74) is 1.84. The van der Waals surface area contributed by atoms with Crippen LogP contribution in [0.15, 0.2) is 59.4 Å². The van der Waals surface area contributed by atoms with Crippen molar-refractivity contribution in [1.29, 1.82) is 0 Å². The first-order valence-corrected chi connectivity index (χ1v) is 9.79. The molecule has 0 amide bonds. The van der Waals surface area contributed by atoms with E-state index in [1.165, 1.54) is 11.3 Å². The van der Waals surface area contributed by atoms with Gasteiger partial charge < -0.3 is 19.8 Å². The fraction of sp³-hybridized carbons (Fsp3) is 0.143. The molecule has 6 nitrogen and oxygen atoms in total. The molecule has 0 bridgehead atoms. The highest BCUT2D eigenvalue weighted by Gasteiger charge is 2.13. The lowest BCUT2D eigenvalue weighted by molar-refractivity contribution is 0.171. The van der Waals surface area contributed by atoms with E-state index < -0.39 is 0 Å². The third-order valence-corrected chi connectivity index (χ3v) is 5.59. The first kappa shape index (κ1) is 16.8. The van der Waals surface area contributed by atoms with Gasteiger partial charge in [-0.3, -0.25) is 4.79 Å². The number of hydrogen-bond donors (Lipinski definition) is 2. The average Bonchev–Trinajstić information content (AvgIpc) is 3.18. The SMILES string of the molecule is O=c1[nH]c(CNc2ccc3c(c2)OCCO3)nc2sc(-c3ccccc3)cc12. The summed E-state index contributed by atoms with van der Waals surface area (Å²) < 4.78 is 11.1. The fourth-order valence-corrected chi connectivity index (χ4v) is 4.20. The molecule has 0 saturated carbocycles. The van der Waals surface area contributed by atoms with Crippen LogP contribution >= 0.6 is 11.3 Å². The second kappa shape index (κ2) is 7.01. The van der Waals surface area contributed by atoms with Gasteiger partial charge in [0.1, 0.15) is 23.9 Å². The van der Waals surface area contributed by atoms with Gasteiger partial charge in [0.25, 0.3) is 5.56 Å². The topological polar surface area (TPSA) is 76.2 Å². The third kappa shape index (κ3) is 3.20. The number of anilines is 1. The molecule has 0 radical (unpaired) electrons. The number of ether oxygens (including phenoxy) is 2. The Hall–Kier alpha value is -3.32. The molecule has 0 unspecified atom stereocenters. The van der Waals surface area contributed by atoms with Crippen molar-refractivity contribution in [1.82, 2.24) is 9.97 Å². The summed E-state index contributed by atoms with van der Waals surface area (Å²) in [7, 11) is 0. The van der Waals surface area contributed by atoms with E-state index in [2.05, 4.69) is 15.3 Å². The second-order valence-corrected chi connectivity index (χ2v) is 7.45. The van der Waals surface area contributed by atoms with Crippen LogP contribution in [0.5, 0.6) is 11.5 Å². The number of H-pyrrole nitrogens is 1. The molecule has 1 aliphatic rings. The quantitative estimate of drug-likeness (QED) is 0.549. The molecule has 140 valence electrons. The number of benzene rings is 2. The molecular weight excluding hydrogens is 374 g/mol. The van der Waals surface area contributed by atoms with Crippen molar-refractivity contribution in [2.75, 3.05) is 18.5 Å². The highest BCUT2D eigenvalue weighted by Crippen LogP contribution is 2.33. The van der Waals surface area contributed by atoms with E-state index in [1.807, 2.05) is 54.6 Å². The van der Waals surface area contributed by atoms with Crippen molar-refractivity contribution >= 4 is 27.2 Å². The minimum atomic E-state index is -0.123. The van der Waals surface area contributed by atoms with Gasteiger partial charge >= 0.3 is 0 Å². The summed E-state index contributed by atoms with van der Waals surface area (Å²) in [4.78, 5) is 21.8. The Morgan fingerprint density at radius 2 is 1.86 bits per heavy atom. The van der Waals surface area contributed by atoms with Crippen LogP contribution in [0.25, 0.3) is 20.7 Å². The molecule has 0 spiro atoms. The monoisotopic (exact) mass is 391 g/mol. The molecule has 2 aromatic carbocycles. The molecule has 28 heavy (non-hydrogen) atoms. The molecular formula is C21H17N3O3S. The minimum absolute atomic E-state index is 0.123. The summed E-state index contributed by atoms with van der Waals surface area (Å²) in [5.74, 6) is 2.06. The molecule has 0 aliphatic carbocycles. The molecule has 7 heteroatoms. The Balaban J connectivity index is 1.40. The van der Waals surface area contributed by atoms with E-state index in [9.17, 15) is 4.79 Å². The molecule has 0 fully saturated rings. The molecule has 2 aromatic heterocycles. The lowest BCUT2D eigenvalue weighted by Crippen LogP contribution is -2.16. The predicted octanol–water partition coefficient (Wildman–Crippen LogP) is 4.03. The van der Waals surface area contributed by atoms with E-state index >= 15 is 0 Å². The lowest BCUT2D eigenvalue weighted by Gasteiger charge is -2.19. The molecule has 4 aromatic rings. The molecule has 2 N–H and O–H groups in total. The smallest absolute Gasteiger partial charge is 0.259 e. The van der Waals surface area contributed by atoms with Gasteiger partial charge in [-0.15, -0.1) is 11.3 Å². The highest BCUT2D eigenvalue weighted by atomic mass is 32.1. The summed E-state index contributed by atoms with van der Waals surface area (Å²) in [6, 6.07) is 17.6. The van der Waals surface area contributed by atoms with E-state index in [-0.39, 0.29) is 5.56 Å². The maximum Gasteiger partial charge on any atom is 0.259 e. The largest absolute Gasteiger partial charge is 0.486 e. The number of aromatic nitrogens is 2. The normalized spacial score (nSPS) is 12.9. The Bertz CT molecular complexity index is 1200. The van der Waals surface area contributed by atoms with Gasteiger partial charge in [0.05, 0.1) is 11.9 Å². The number of nitrogens with one attached hydrogen (secondary N) is 2. The maximum absolute atomic E-state index is 12.5. The summed E-state index contributed by atoms with van der Waals surface area (Å²) in [6.07, 6.45) is 0. The standard InChI is InChI=1S/C21H17N3O3S/c25-20-15-11-18(13-4-2-1-3-5-13)28-21(15)24-19(23-20)12-22-14-6-7-16-17(10-14)27-9-8-26-16/h1-7,10-11,22H,8-9,12H2,(H,23,24,25). The van der Waals surface area contributed by atoms with Gasteiger partial charge in [0.15, 0.2) is 11.5 Å². The Morgan fingerprint density at radius 3 is 2.71 bits per heavy atom. The number of aromatic amines is 1. The van der Waals surface area contributed by atoms with Crippen molar-refractivity contribution < 1.29 is 9.47 Å². The van der Waals surface area contributed by atoms with Crippen LogP contribution in [0.3, 0.4) is 0 Å². The first-order chi connectivity index (χ1) is 13.8. The van der Waals surface area contributed by atoms with E-state index in [0.29, 0.717) is 31.0 Å². The minimum Gasteiger partial charge on any atom is -0.486 e. The maximum atomic E-state index is 12.5. The van der Waals surface area contributed by atoms with Crippen LogP contribution in [0.4, 0.5) is 5.69 Å². The number of rotatable bonds is 4. The van der Waals surface area contributed by atoms with Crippen LogP contribution in [-0.2, 0) is 6.54 Å². The van der Waals surface area contributed by atoms with Gasteiger partial charge in [-0.25, -0.2) is 4.98 Å². The fourth-order valence-electron chi connectivity index (χ4n) is 3.14. The van der Waals surface area contributed by atoms with Crippen molar-refractivity contribution in [3.8, 4) is 21.9 Å². The Kier molecular flexibility index (Phi) is 4.21. The van der Waals surface area contributed by atoms with Crippen molar-refractivity contribution in [3.05, 3.63) is 70.8 Å². The summed E-state index contributed by atoms with van der Waals surface area (Å²) >= 11 is 1.52. The zero-order valence-corrected chi connectivity index (χ0v) is 15.7. The highest BCUT2D eigenvalue weighted by molar-refractivity contribution is 7.21. The van der Waals surface area contributed by atoms with E-state index in [0.717, 1.165) is 32.5 Å². The number of thiophene rings is 1. The molecule has 5 rings (SSSR count). The summed E-state index contributed by atoms with van der Waals surface area (Å²) in [6.45, 7) is 1.52.